The molecule has 10 heteroatoms. The number of aromatic nitrogens is 4. The number of carbonyl (C=O) groups excluding carboxylic acids is 2. The molecular formula is C25H30N6O4. The van der Waals surface area contributed by atoms with E-state index in [1.54, 1.807) is 18.5 Å². The molecule has 0 fully saturated rings. The van der Waals surface area contributed by atoms with Crippen LogP contribution < -0.4 is 10.6 Å². The third kappa shape index (κ3) is 5.37. The molecule has 0 saturated carbocycles. The Morgan fingerprint density at radius 2 is 2.09 bits per heavy atom. The van der Waals surface area contributed by atoms with Crippen molar-refractivity contribution in [3.8, 4) is 0 Å². The SMILES string of the molecule is COC(=O)c1c(NC(=O)c2ccoc2)c2cc(NC(C)CCn3cccn3)cnc2n1CC(C)C. The van der Waals surface area contributed by atoms with E-state index in [1.807, 2.05) is 41.4 Å². The maximum atomic E-state index is 12.9. The molecule has 0 bridgehead atoms. The molecule has 0 aliphatic heterocycles. The largest absolute Gasteiger partial charge is 0.472 e. The predicted molar refractivity (Wildman–Crippen MR) is 133 cm³/mol. The van der Waals surface area contributed by atoms with Crippen LogP contribution in [-0.2, 0) is 17.8 Å². The van der Waals surface area contributed by atoms with E-state index < -0.39 is 11.9 Å². The number of hydrogen-bond donors (Lipinski definition) is 2. The number of hydrogen-bond acceptors (Lipinski definition) is 7. The number of methoxy groups -OCH3 is 1. The first-order valence-electron chi connectivity index (χ1n) is 11.6. The number of amides is 1. The molecule has 1 amide bonds. The van der Waals surface area contributed by atoms with Crippen LogP contribution >= 0.6 is 0 Å². The number of anilines is 2. The first kappa shape index (κ1) is 24.1. The molecule has 0 aliphatic carbocycles. The second-order valence-corrected chi connectivity index (χ2v) is 8.88. The van der Waals surface area contributed by atoms with Crippen molar-refractivity contribution in [2.24, 2.45) is 5.92 Å². The van der Waals surface area contributed by atoms with Crippen molar-refractivity contribution in [1.29, 1.82) is 0 Å². The fourth-order valence-electron chi connectivity index (χ4n) is 3.98. The van der Waals surface area contributed by atoms with Gasteiger partial charge in [0.2, 0.25) is 0 Å². The van der Waals surface area contributed by atoms with Crippen LogP contribution in [-0.4, -0.2) is 44.4 Å². The molecule has 1 atom stereocenters. The first-order valence-corrected chi connectivity index (χ1v) is 11.6. The summed E-state index contributed by atoms with van der Waals surface area (Å²) in [5, 5.41) is 11.2. The number of fused-ring (bicyclic) bond motifs is 1. The summed E-state index contributed by atoms with van der Waals surface area (Å²) in [5.41, 5.74) is 2.34. The number of nitrogens with one attached hydrogen (secondary N) is 2. The molecule has 1 unspecified atom stereocenters. The fraction of sp³-hybridized carbons (Fsp3) is 0.360. The van der Waals surface area contributed by atoms with Crippen molar-refractivity contribution >= 4 is 34.3 Å². The summed E-state index contributed by atoms with van der Waals surface area (Å²) in [4.78, 5) is 30.4. The van der Waals surface area contributed by atoms with E-state index in [1.165, 1.54) is 19.6 Å². The Balaban J connectivity index is 1.71. The van der Waals surface area contributed by atoms with Gasteiger partial charge in [-0.1, -0.05) is 13.8 Å². The highest BCUT2D eigenvalue weighted by atomic mass is 16.5. The summed E-state index contributed by atoms with van der Waals surface area (Å²) in [6.45, 7) is 7.49. The highest BCUT2D eigenvalue weighted by Crippen LogP contribution is 2.34. The molecule has 0 saturated heterocycles. The van der Waals surface area contributed by atoms with E-state index in [9.17, 15) is 9.59 Å². The van der Waals surface area contributed by atoms with Crippen molar-refractivity contribution in [3.63, 3.8) is 0 Å². The molecule has 4 heterocycles. The van der Waals surface area contributed by atoms with Crippen LogP contribution in [0, 0.1) is 5.92 Å². The second-order valence-electron chi connectivity index (χ2n) is 8.88. The van der Waals surface area contributed by atoms with E-state index >= 15 is 0 Å². The molecule has 4 rings (SSSR count). The highest BCUT2D eigenvalue weighted by Gasteiger charge is 2.27. The number of pyridine rings is 1. The Morgan fingerprint density at radius 1 is 1.26 bits per heavy atom. The van der Waals surface area contributed by atoms with Crippen molar-refractivity contribution in [3.05, 3.63) is 60.6 Å². The fourth-order valence-corrected chi connectivity index (χ4v) is 3.98. The van der Waals surface area contributed by atoms with Gasteiger partial charge in [-0.25, -0.2) is 9.78 Å². The van der Waals surface area contributed by atoms with E-state index in [2.05, 4.69) is 27.6 Å². The quantitative estimate of drug-likeness (QED) is 0.324. The molecule has 10 nitrogen and oxygen atoms in total. The Morgan fingerprint density at radius 3 is 2.74 bits per heavy atom. The summed E-state index contributed by atoms with van der Waals surface area (Å²) in [5.74, 6) is -0.708. The summed E-state index contributed by atoms with van der Waals surface area (Å²) < 4.78 is 13.8. The van der Waals surface area contributed by atoms with E-state index in [4.69, 9.17) is 9.15 Å². The summed E-state index contributed by atoms with van der Waals surface area (Å²) in [6.07, 6.45) is 9.06. The lowest BCUT2D eigenvalue weighted by atomic mass is 10.2. The van der Waals surface area contributed by atoms with Crippen LogP contribution in [0.25, 0.3) is 11.0 Å². The zero-order chi connectivity index (χ0) is 24.9. The molecule has 4 aromatic heterocycles. The third-order valence-corrected chi connectivity index (χ3v) is 5.61. The van der Waals surface area contributed by atoms with Crippen LogP contribution in [0.4, 0.5) is 11.4 Å². The van der Waals surface area contributed by atoms with Gasteiger partial charge in [0.1, 0.15) is 11.9 Å². The first-order chi connectivity index (χ1) is 16.9. The Bertz CT molecular complexity index is 1290. The molecule has 184 valence electrons. The Labute approximate surface area is 203 Å². The number of ether oxygens (including phenoxy) is 1. The number of aryl methyl sites for hydroxylation is 1. The van der Waals surface area contributed by atoms with Crippen molar-refractivity contribution in [2.45, 2.75) is 46.3 Å². The maximum Gasteiger partial charge on any atom is 0.356 e. The lowest BCUT2D eigenvalue weighted by molar-refractivity contribution is 0.0589. The Hall–Kier alpha value is -4.08. The number of esters is 1. The van der Waals surface area contributed by atoms with Gasteiger partial charge in [0.05, 0.1) is 36.5 Å². The monoisotopic (exact) mass is 478 g/mol. The van der Waals surface area contributed by atoms with Gasteiger partial charge >= 0.3 is 5.97 Å². The van der Waals surface area contributed by atoms with E-state index in [0.717, 1.165) is 18.7 Å². The molecule has 2 N–H and O–H groups in total. The van der Waals surface area contributed by atoms with Gasteiger partial charge in [-0.3, -0.25) is 9.48 Å². The molecule has 0 aliphatic rings. The van der Waals surface area contributed by atoms with E-state index in [-0.39, 0.29) is 17.7 Å². The lowest BCUT2D eigenvalue weighted by Crippen LogP contribution is -2.18. The lowest BCUT2D eigenvalue weighted by Gasteiger charge is -2.15. The highest BCUT2D eigenvalue weighted by molar-refractivity contribution is 6.14. The topological polar surface area (TPSA) is 116 Å². The van der Waals surface area contributed by atoms with Gasteiger partial charge in [0.15, 0.2) is 5.69 Å². The Kier molecular flexibility index (Phi) is 7.19. The zero-order valence-electron chi connectivity index (χ0n) is 20.3. The maximum absolute atomic E-state index is 12.9. The van der Waals surface area contributed by atoms with Gasteiger partial charge in [-0.05, 0) is 37.5 Å². The second kappa shape index (κ2) is 10.5. The summed E-state index contributed by atoms with van der Waals surface area (Å²) in [7, 11) is 1.32. The molecule has 0 radical (unpaired) electrons. The predicted octanol–water partition coefficient (Wildman–Crippen LogP) is 4.41. The van der Waals surface area contributed by atoms with Gasteiger partial charge in [0, 0.05) is 36.9 Å². The minimum absolute atomic E-state index is 0.139. The minimum atomic E-state index is -0.548. The molecular weight excluding hydrogens is 448 g/mol. The van der Waals surface area contributed by atoms with E-state index in [0.29, 0.717) is 28.8 Å². The van der Waals surface area contributed by atoms with Crippen LogP contribution in [0.1, 0.15) is 48.0 Å². The van der Waals surface area contributed by atoms with Crippen molar-refractivity contribution < 1.29 is 18.7 Å². The average molecular weight is 479 g/mol. The third-order valence-electron chi connectivity index (χ3n) is 5.61. The standard InChI is InChI=1S/C25H30N6O4/c1-16(2)14-31-22(25(33)34-4)21(29-24(32)18-7-11-35-15-18)20-12-19(13-26-23(20)31)28-17(3)6-10-30-9-5-8-27-30/h5,7-9,11-13,15-17,28H,6,10,14H2,1-4H3,(H,29,32). The average Bonchev–Trinajstić information content (AvgIpc) is 3.59. The van der Waals surface area contributed by atoms with Gasteiger partial charge < -0.3 is 24.4 Å². The minimum Gasteiger partial charge on any atom is -0.472 e. The van der Waals surface area contributed by atoms with Crippen LogP contribution in [0.2, 0.25) is 0 Å². The van der Waals surface area contributed by atoms with Crippen LogP contribution in [0.5, 0.6) is 0 Å². The number of nitrogens with zero attached hydrogens (tertiary/aromatic N) is 4. The normalized spacial score (nSPS) is 12.1. The smallest absolute Gasteiger partial charge is 0.356 e. The molecule has 0 aromatic carbocycles. The number of furan rings is 1. The summed E-state index contributed by atoms with van der Waals surface area (Å²) in [6, 6.07) is 5.50. The molecule has 4 aromatic rings. The van der Waals surface area contributed by atoms with Crippen LogP contribution in [0.3, 0.4) is 0 Å². The zero-order valence-corrected chi connectivity index (χ0v) is 20.3. The van der Waals surface area contributed by atoms with Crippen molar-refractivity contribution in [1.82, 2.24) is 19.3 Å². The van der Waals surface area contributed by atoms with Gasteiger partial charge in [-0.15, -0.1) is 0 Å². The van der Waals surface area contributed by atoms with Gasteiger partial charge in [-0.2, -0.15) is 5.10 Å². The van der Waals surface area contributed by atoms with Crippen molar-refractivity contribution in [2.75, 3.05) is 17.7 Å². The van der Waals surface area contributed by atoms with Gasteiger partial charge in [0.25, 0.3) is 5.91 Å². The number of carbonyl (C=O) groups is 2. The molecule has 0 spiro atoms. The van der Waals surface area contributed by atoms with Crippen LogP contribution in [0.15, 0.2) is 53.7 Å². The molecule has 35 heavy (non-hydrogen) atoms. The summed E-state index contributed by atoms with van der Waals surface area (Å²) >= 11 is 0. The number of rotatable bonds is 10.